The van der Waals surface area contributed by atoms with E-state index in [1.807, 2.05) is 0 Å². The van der Waals surface area contributed by atoms with Crippen LogP contribution in [0.5, 0.6) is 0 Å². The van der Waals surface area contributed by atoms with E-state index in [1.54, 1.807) is 13.8 Å². The molecule has 0 spiro atoms. The summed E-state index contributed by atoms with van der Waals surface area (Å²) >= 11 is 4.81. The summed E-state index contributed by atoms with van der Waals surface area (Å²) in [5, 5.41) is 0. The largest absolute Gasteiger partial charge is 0.451 e. The van der Waals surface area contributed by atoms with E-state index in [4.69, 9.17) is 11.6 Å². The van der Waals surface area contributed by atoms with Crippen molar-refractivity contribution in [1.29, 1.82) is 0 Å². The van der Waals surface area contributed by atoms with Crippen molar-refractivity contribution in [2.45, 2.75) is 66.7 Å². The zero-order valence-electron chi connectivity index (χ0n) is 11.6. The van der Waals surface area contributed by atoms with Gasteiger partial charge in [0.25, 0.3) is 0 Å². The molecule has 0 aliphatic carbocycles. The van der Waals surface area contributed by atoms with E-state index in [1.165, 1.54) is 0 Å². The van der Waals surface area contributed by atoms with Gasteiger partial charge in [0.15, 0.2) is 0 Å². The molecule has 4 heteroatoms. The Balaban J connectivity index is 0. The van der Waals surface area contributed by atoms with Gasteiger partial charge in [0.1, 0.15) is 0 Å². The van der Waals surface area contributed by atoms with Crippen LogP contribution in [0.1, 0.15) is 48.5 Å². The molecule has 0 heterocycles. The fourth-order valence-corrected chi connectivity index (χ4v) is 1.69. The molecule has 0 aromatic rings. The monoisotopic (exact) mass is 251 g/mol. The van der Waals surface area contributed by atoms with Gasteiger partial charge in [-0.05, 0) is 48.1 Å². The van der Waals surface area contributed by atoms with Crippen molar-refractivity contribution in [3.8, 4) is 0 Å². The van der Waals surface area contributed by atoms with Crippen molar-refractivity contribution in [3.05, 3.63) is 0 Å². The van der Waals surface area contributed by atoms with Crippen LogP contribution in [0, 0.1) is 0 Å². The predicted molar refractivity (Wildman–Crippen MR) is 70.1 cm³/mol. The average Bonchev–Trinajstić information content (AvgIpc) is 2.01. The fraction of sp³-hybridized carbons (Fsp3) is 0.917. The maximum Gasteiger partial charge on any atom is 0.404 e. The molecule has 0 saturated carbocycles. The third-order valence-corrected chi connectivity index (χ3v) is 2.11. The molecule has 0 N–H and O–H groups in total. The molecule has 0 atom stereocenters. The summed E-state index contributed by atoms with van der Waals surface area (Å²) in [6, 6.07) is 1.38. The van der Waals surface area contributed by atoms with Gasteiger partial charge in [-0.25, -0.2) is 4.79 Å². The van der Waals surface area contributed by atoms with Crippen molar-refractivity contribution in [3.63, 3.8) is 0 Å². The predicted octanol–water partition coefficient (Wildman–Crippen LogP) is 3.90. The van der Waals surface area contributed by atoms with Crippen LogP contribution in [0.2, 0.25) is 0 Å². The molecule has 0 aromatic carbocycles. The van der Waals surface area contributed by atoms with Gasteiger partial charge in [-0.2, -0.15) is 0 Å². The first-order valence-electron chi connectivity index (χ1n) is 5.84. The van der Waals surface area contributed by atoms with Gasteiger partial charge in [-0.15, -0.1) is 0 Å². The van der Waals surface area contributed by atoms with Crippen LogP contribution in [0.15, 0.2) is 0 Å². The standard InChI is InChI=1S/C8H19N.C4H7ClO2/c1-6-9(7(2)3)8(4)5;1-3(2)7-4(5)6/h7-8H,6H2,1-5H3;3H,1-2H3. The summed E-state index contributed by atoms with van der Waals surface area (Å²) < 4.78 is 4.38. The van der Waals surface area contributed by atoms with E-state index < -0.39 is 5.43 Å². The maximum atomic E-state index is 9.80. The number of rotatable bonds is 4. The molecular weight excluding hydrogens is 226 g/mol. The van der Waals surface area contributed by atoms with Gasteiger partial charge in [-0.3, -0.25) is 4.90 Å². The average molecular weight is 252 g/mol. The number of hydrogen-bond donors (Lipinski definition) is 0. The highest BCUT2D eigenvalue weighted by atomic mass is 35.5. The molecule has 16 heavy (non-hydrogen) atoms. The van der Waals surface area contributed by atoms with E-state index >= 15 is 0 Å². The van der Waals surface area contributed by atoms with Crippen LogP contribution < -0.4 is 0 Å². The summed E-state index contributed by atoms with van der Waals surface area (Å²) in [6.07, 6.45) is -0.106. The second-order valence-corrected chi connectivity index (χ2v) is 4.73. The fourth-order valence-electron chi connectivity index (χ4n) is 1.51. The number of carbonyl (C=O) groups excluding carboxylic acids is 1. The highest BCUT2D eigenvalue weighted by molar-refractivity contribution is 6.61. The Morgan fingerprint density at radius 2 is 1.50 bits per heavy atom. The molecule has 0 fully saturated rings. The van der Waals surface area contributed by atoms with Crippen LogP contribution in [0.3, 0.4) is 0 Å². The maximum absolute atomic E-state index is 9.80. The number of halogens is 1. The number of carbonyl (C=O) groups is 1. The number of nitrogens with zero attached hydrogens (tertiary/aromatic N) is 1. The van der Waals surface area contributed by atoms with E-state index in [0.717, 1.165) is 6.54 Å². The van der Waals surface area contributed by atoms with Gasteiger partial charge >= 0.3 is 5.43 Å². The smallest absolute Gasteiger partial charge is 0.404 e. The van der Waals surface area contributed by atoms with Gasteiger partial charge in [0.05, 0.1) is 6.10 Å². The van der Waals surface area contributed by atoms with Crippen LogP contribution in [-0.2, 0) is 4.74 Å². The first-order chi connectivity index (χ1) is 7.22. The summed E-state index contributed by atoms with van der Waals surface area (Å²) in [7, 11) is 0. The molecular formula is C12H26ClNO2. The zero-order valence-corrected chi connectivity index (χ0v) is 12.3. The van der Waals surface area contributed by atoms with Crippen LogP contribution in [-0.4, -0.2) is 35.1 Å². The van der Waals surface area contributed by atoms with E-state index in [0.29, 0.717) is 12.1 Å². The molecule has 3 nitrogen and oxygen atoms in total. The van der Waals surface area contributed by atoms with Crippen LogP contribution >= 0.6 is 11.6 Å². The molecule has 98 valence electrons. The topological polar surface area (TPSA) is 29.5 Å². The van der Waals surface area contributed by atoms with Crippen molar-refractivity contribution in [1.82, 2.24) is 4.90 Å². The number of ether oxygens (including phenoxy) is 1. The second kappa shape index (κ2) is 9.91. The lowest BCUT2D eigenvalue weighted by Gasteiger charge is -2.28. The van der Waals surface area contributed by atoms with Crippen molar-refractivity contribution in [2.75, 3.05) is 6.54 Å². The molecule has 0 aliphatic heterocycles. The van der Waals surface area contributed by atoms with Gasteiger partial charge in [0.2, 0.25) is 0 Å². The Bertz CT molecular complexity index is 174. The molecule has 0 radical (unpaired) electrons. The third-order valence-electron chi connectivity index (χ3n) is 2.02. The Labute approximate surface area is 105 Å². The van der Waals surface area contributed by atoms with Crippen LogP contribution in [0.4, 0.5) is 4.79 Å². The first kappa shape index (κ1) is 18.1. The van der Waals surface area contributed by atoms with Gasteiger partial charge in [-0.1, -0.05) is 6.92 Å². The highest BCUT2D eigenvalue weighted by Crippen LogP contribution is 2.02. The normalized spacial score (nSPS) is 10.8. The highest BCUT2D eigenvalue weighted by Gasteiger charge is 2.08. The molecule has 0 saturated heterocycles. The molecule has 0 bridgehead atoms. The Morgan fingerprint density at radius 1 is 1.12 bits per heavy atom. The molecule has 0 rings (SSSR count). The lowest BCUT2D eigenvalue weighted by molar-refractivity contribution is 0.141. The first-order valence-corrected chi connectivity index (χ1v) is 6.21. The van der Waals surface area contributed by atoms with E-state index in [9.17, 15) is 4.79 Å². The minimum atomic E-state index is -0.741. The quantitative estimate of drug-likeness (QED) is 0.710. The van der Waals surface area contributed by atoms with Gasteiger partial charge < -0.3 is 4.74 Å². The lowest BCUT2D eigenvalue weighted by Crippen LogP contribution is -2.36. The van der Waals surface area contributed by atoms with Gasteiger partial charge in [0, 0.05) is 23.7 Å². The van der Waals surface area contributed by atoms with Crippen molar-refractivity contribution >= 4 is 17.0 Å². The minimum absolute atomic E-state index is 0.106. The van der Waals surface area contributed by atoms with Crippen molar-refractivity contribution < 1.29 is 9.53 Å². The summed E-state index contributed by atoms with van der Waals surface area (Å²) in [4.78, 5) is 12.3. The molecule has 0 aromatic heterocycles. The molecule has 0 amide bonds. The minimum Gasteiger partial charge on any atom is -0.451 e. The third kappa shape index (κ3) is 11.8. The molecule has 0 aliphatic rings. The summed E-state index contributed by atoms with van der Waals surface area (Å²) in [5.41, 5.74) is -0.741. The van der Waals surface area contributed by atoms with Crippen LogP contribution in [0.25, 0.3) is 0 Å². The summed E-state index contributed by atoms with van der Waals surface area (Å²) in [5.74, 6) is 0. The SMILES string of the molecule is CC(C)OC(=O)Cl.CCN(C(C)C)C(C)C. The summed E-state index contributed by atoms with van der Waals surface area (Å²) in [6.45, 7) is 15.8. The Kier molecular flexibility index (Phi) is 11.2. The zero-order chi connectivity index (χ0) is 13.3. The Morgan fingerprint density at radius 3 is 1.50 bits per heavy atom. The number of hydrogen-bond acceptors (Lipinski definition) is 3. The Hall–Kier alpha value is -0.280. The van der Waals surface area contributed by atoms with Crippen molar-refractivity contribution in [2.24, 2.45) is 0 Å². The van der Waals surface area contributed by atoms with E-state index in [-0.39, 0.29) is 6.10 Å². The second-order valence-electron chi connectivity index (χ2n) is 4.42. The van der Waals surface area contributed by atoms with E-state index in [2.05, 4.69) is 44.3 Å². The molecule has 0 unspecified atom stereocenters. The lowest BCUT2D eigenvalue weighted by atomic mass is 10.2.